The third kappa shape index (κ3) is 3.72. The molecule has 3 heterocycles. The molecule has 0 saturated carbocycles. The van der Waals surface area contributed by atoms with Crippen molar-refractivity contribution in [2.45, 2.75) is 19.3 Å². The summed E-state index contributed by atoms with van der Waals surface area (Å²) in [6.07, 6.45) is 8.15. The summed E-state index contributed by atoms with van der Waals surface area (Å²) in [5.41, 5.74) is 0. The van der Waals surface area contributed by atoms with Gasteiger partial charge in [0.05, 0.1) is 5.75 Å². The fraction of sp³-hybridized carbons (Fsp3) is 0.625. The molecule has 0 unspecified atom stereocenters. The van der Waals surface area contributed by atoms with Crippen LogP contribution in [0.15, 0.2) is 31.1 Å². The predicted octanol–water partition coefficient (Wildman–Crippen LogP) is 1.53. The van der Waals surface area contributed by atoms with Crippen LogP contribution in [0, 0.1) is 11.8 Å². The van der Waals surface area contributed by atoms with E-state index in [9.17, 15) is 8.42 Å². The van der Waals surface area contributed by atoms with Crippen LogP contribution in [-0.2, 0) is 10.0 Å². The molecule has 2 aliphatic rings. The highest BCUT2D eigenvalue weighted by molar-refractivity contribution is 7.89. The predicted molar refractivity (Wildman–Crippen MR) is 90.6 cm³/mol. The van der Waals surface area contributed by atoms with Crippen molar-refractivity contribution in [2.75, 3.05) is 36.8 Å². The van der Waals surface area contributed by atoms with Gasteiger partial charge in [-0.05, 0) is 37.2 Å². The quantitative estimate of drug-likeness (QED) is 0.763. The summed E-state index contributed by atoms with van der Waals surface area (Å²) >= 11 is 0. The lowest BCUT2D eigenvalue weighted by atomic mass is 9.84. The van der Waals surface area contributed by atoms with Crippen LogP contribution in [0.4, 0.5) is 5.95 Å². The first-order valence-electron chi connectivity index (χ1n) is 8.21. The first kappa shape index (κ1) is 16.4. The topological polar surface area (TPSA) is 66.4 Å². The molecule has 23 heavy (non-hydrogen) atoms. The molecule has 2 saturated heterocycles. The lowest BCUT2D eigenvalue weighted by Gasteiger charge is -2.34. The second-order valence-electron chi connectivity index (χ2n) is 6.35. The summed E-state index contributed by atoms with van der Waals surface area (Å²) in [7, 11) is -3.15. The Hall–Kier alpha value is -1.47. The van der Waals surface area contributed by atoms with Crippen LogP contribution in [0.1, 0.15) is 19.3 Å². The first-order valence-corrected chi connectivity index (χ1v) is 9.82. The van der Waals surface area contributed by atoms with Crippen molar-refractivity contribution >= 4 is 16.0 Å². The number of rotatable bonds is 5. The van der Waals surface area contributed by atoms with Crippen LogP contribution >= 0.6 is 0 Å². The van der Waals surface area contributed by atoms with E-state index in [1.807, 2.05) is 6.07 Å². The fourth-order valence-electron chi connectivity index (χ4n) is 3.67. The molecule has 6 nitrogen and oxygen atoms in total. The molecule has 7 heteroatoms. The smallest absolute Gasteiger partial charge is 0.225 e. The molecule has 1 aromatic heterocycles. The zero-order valence-corrected chi connectivity index (χ0v) is 14.2. The van der Waals surface area contributed by atoms with Gasteiger partial charge >= 0.3 is 0 Å². The zero-order valence-electron chi connectivity index (χ0n) is 13.3. The van der Waals surface area contributed by atoms with Crippen molar-refractivity contribution in [3.8, 4) is 0 Å². The standard InChI is InChI=1S/C16H24N4O2S/c1-2-12-23(21,22)20-11-6-15(13-20)14-4-9-19(10-5-14)16-17-7-3-8-18-16/h2-3,7-8,14-15H,1,4-6,9-13H2/t15-/m0/s1. The molecule has 126 valence electrons. The van der Waals surface area contributed by atoms with Gasteiger partial charge in [0, 0.05) is 38.6 Å². The van der Waals surface area contributed by atoms with Gasteiger partial charge in [0.1, 0.15) is 0 Å². The first-order chi connectivity index (χ1) is 11.1. The number of hydrogen-bond acceptors (Lipinski definition) is 5. The number of aromatic nitrogens is 2. The highest BCUT2D eigenvalue weighted by atomic mass is 32.2. The van der Waals surface area contributed by atoms with Crippen LogP contribution in [0.5, 0.6) is 0 Å². The SMILES string of the molecule is C=CCS(=O)(=O)N1CC[C@H](C2CCN(c3ncccn3)CC2)C1. The third-order valence-corrected chi connectivity index (χ3v) is 6.73. The molecule has 0 N–H and O–H groups in total. The minimum atomic E-state index is -3.15. The van der Waals surface area contributed by atoms with E-state index < -0.39 is 10.0 Å². The van der Waals surface area contributed by atoms with Gasteiger partial charge < -0.3 is 4.90 Å². The molecule has 2 fully saturated rings. The molecular weight excluding hydrogens is 312 g/mol. The van der Waals surface area contributed by atoms with Crippen molar-refractivity contribution in [3.63, 3.8) is 0 Å². The minimum absolute atomic E-state index is 0.0451. The summed E-state index contributed by atoms with van der Waals surface area (Å²) in [5, 5.41) is 0. The monoisotopic (exact) mass is 336 g/mol. The second kappa shape index (κ2) is 6.97. The van der Waals surface area contributed by atoms with Gasteiger partial charge in [-0.3, -0.25) is 0 Å². The van der Waals surface area contributed by atoms with Gasteiger partial charge in [-0.15, -0.1) is 6.58 Å². The van der Waals surface area contributed by atoms with E-state index in [-0.39, 0.29) is 5.75 Å². The van der Waals surface area contributed by atoms with Crippen LogP contribution in [-0.4, -0.2) is 54.6 Å². The van der Waals surface area contributed by atoms with Crippen molar-refractivity contribution < 1.29 is 8.42 Å². The van der Waals surface area contributed by atoms with Gasteiger partial charge in [-0.2, -0.15) is 0 Å². The summed E-state index contributed by atoms with van der Waals surface area (Å²) in [5.74, 6) is 1.92. The lowest BCUT2D eigenvalue weighted by Crippen LogP contribution is -2.38. The fourth-order valence-corrected chi connectivity index (χ4v) is 4.98. The summed E-state index contributed by atoms with van der Waals surface area (Å²) in [6.45, 7) is 6.76. The Kier molecular flexibility index (Phi) is 4.96. The largest absolute Gasteiger partial charge is 0.341 e. The average Bonchev–Trinajstić information content (AvgIpc) is 3.07. The van der Waals surface area contributed by atoms with E-state index in [1.54, 1.807) is 16.7 Å². The molecule has 1 atom stereocenters. The maximum atomic E-state index is 12.1. The summed E-state index contributed by atoms with van der Waals surface area (Å²) < 4.78 is 25.9. The van der Waals surface area contributed by atoms with Gasteiger partial charge in [0.15, 0.2) is 0 Å². The van der Waals surface area contributed by atoms with Gasteiger partial charge in [0.25, 0.3) is 0 Å². The second-order valence-corrected chi connectivity index (χ2v) is 8.36. The molecule has 0 bridgehead atoms. The number of sulfonamides is 1. The third-order valence-electron chi connectivity index (χ3n) is 4.95. The minimum Gasteiger partial charge on any atom is -0.341 e. The molecule has 0 amide bonds. The van der Waals surface area contributed by atoms with E-state index >= 15 is 0 Å². The molecule has 3 rings (SSSR count). The maximum absolute atomic E-state index is 12.1. The Morgan fingerprint density at radius 1 is 1.13 bits per heavy atom. The van der Waals surface area contributed by atoms with Crippen molar-refractivity contribution in [1.82, 2.24) is 14.3 Å². The molecule has 1 aromatic rings. The van der Waals surface area contributed by atoms with E-state index in [0.29, 0.717) is 24.9 Å². The molecule has 2 aliphatic heterocycles. The Bertz CT molecular complexity index is 627. The van der Waals surface area contributed by atoms with E-state index in [0.717, 1.165) is 38.3 Å². The van der Waals surface area contributed by atoms with Gasteiger partial charge in [0.2, 0.25) is 16.0 Å². The highest BCUT2D eigenvalue weighted by Crippen LogP contribution is 2.33. The summed E-state index contributed by atoms with van der Waals surface area (Å²) in [6, 6.07) is 1.83. The van der Waals surface area contributed by atoms with Gasteiger partial charge in [-0.25, -0.2) is 22.7 Å². The van der Waals surface area contributed by atoms with Crippen LogP contribution in [0.25, 0.3) is 0 Å². The molecule has 0 spiro atoms. The van der Waals surface area contributed by atoms with Crippen LogP contribution < -0.4 is 4.90 Å². The number of anilines is 1. The lowest BCUT2D eigenvalue weighted by molar-refractivity contribution is 0.282. The van der Waals surface area contributed by atoms with E-state index in [4.69, 9.17) is 0 Å². The van der Waals surface area contributed by atoms with Gasteiger partial charge in [-0.1, -0.05) is 6.08 Å². The highest BCUT2D eigenvalue weighted by Gasteiger charge is 2.36. The van der Waals surface area contributed by atoms with E-state index in [1.165, 1.54) is 6.08 Å². The van der Waals surface area contributed by atoms with Crippen molar-refractivity contribution in [1.29, 1.82) is 0 Å². The number of hydrogen-bond donors (Lipinski definition) is 0. The van der Waals surface area contributed by atoms with Crippen LogP contribution in [0.3, 0.4) is 0 Å². The zero-order chi connectivity index (χ0) is 16.3. The molecule has 0 aliphatic carbocycles. The molecular formula is C16H24N4O2S. The Morgan fingerprint density at radius 2 is 1.78 bits per heavy atom. The number of piperidine rings is 1. The normalized spacial score (nSPS) is 24.0. The van der Waals surface area contributed by atoms with Crippen molar-refractivity contribution in [2.24, 2.45) is 11.8 Å². The Morgan fingerprint density at radius 3 is 2.43 bits per heavy atom. The van der Waals surface area contributed by atoms with Crippen LogP contribution in [0.2, 0.25) is 0 Å². The Labute approximate surface area is 138 Å². The molecule has 0 aromatic carbocycles. The van der Waals surface area contributed by atoms with E-state index in [2.05, 4.69) is 21.4 Å². The maximum Gasteiger partial charge on any atom is 0.225 e. The Balaban J connectivity index is 1.54. The molecule has 0 radical (unpaired) electrons. The van der Waals surface area contributed by atoms with Crippen molar-refractivity contribution in [3.05, 3.63) is 31.1 Å². The summed E-state index contributed by atoms with van der Waals surface area (Å²) in [4.78, 5) is 10.8. The average molecular weight is 336 g/mol. The number of nitrogens with zero attached hydrogens (tertiary/aromatic N) is 4.